The van der Waals surface area contributed by atoms with E-state index in [2.05, 4.69) is 0 Å². The molecule has 0 unspecified atom stereocenters. The Bertz CT molecular complexity index is 231. The van der Waals surface area contributed by atoms with E-state index in [9.17, 15) is 0 Å². The van der Waals surface area contributed by atoms with E-state index in [0.717, 1.165) is 5.56 Å². The second-order valence-corrected chi connectivity index (χ2v) is 3.26. The van der Waals surface area contributed by atoms with Gasteiger partial charge < -0.3 is 10.8 Å². The molecule has 0 saturated carbocycles. The Hall–Kier alpha value is -0.860. The minimum atomic E-state index is -0.407. The van der Waals surface area contributed by atoms with Crippen LogP contribution in [0.4, 0.5) is 0 Å². The Morgan fingerprint density at radius 3 is 2.42 bits per heavy atom. The monoisotopic (exact) mass is 165 g/mol. The van der Waals surface area contributed by atoms with E-state index in [1.165, 1.54) is 0 Å². The quantitative estimate of drug-likeness (QED) is 0.708. The van der Waals surface area contributed by atoms with Gasteiger partial charge in [0.2, 0.25) is 0 Å². The Labute approximate surface area is 73.0 Å². The number of hydrogen-bond donors (Lipinski definition) is 2. The Morgan fingerprint density at radius 1 is 1.33 bits per heavy atom. The third-order valence-corrected chi connectivity index (χ3v) is 2.06. The van der Waals surface area contributed by atoms with Gasteiger partial charge in [-0.1, -0.05) is 30.3 Å². The Morgan fingerprint density at radius 2 is 1.92 bits per heavy atom. The highest BCUT2D eigenvalue weighted by molar-refractivity contribution is 5.22. The second-order valence-electron chi connectivity index (χ2n) is 3.26. The van der Waals surface area contributed by atoms with Gasteiger partial charge in [-0.2, -0.15) is 0 Å². The highest BCUT2D eigenvalue weighted by Crippen LogP contribution is 2.20. The SMILES string of the molecule is C[C@](N)(CCO)c1ccccc1. The zero-order valence-corrected chi connectivity index (χ0v) is 7.33. The first-order valence-electron chi connectivity index (χ1n) is 4.12. The zero-order chi connectivity index (χ0) is 9.03. The van der Waals surface area contributed by atoms with E-state index >= 15 is 0 Å². The fraction of sp³-hybridized carbons (Fsp3) is 0.400. The molecule has 0 bridgehead atoms. The van der Waals surface area contributed by atoms with Gasteiger partial charge in [0, 0.05) is 12.1 Å². The lowest BCUT2D eigenvalue weighted by atomic mass is 9.90. The molecule has 2 nitrogen and oxygen atoms in total. The van der Waals surface area contributed by atoms with Crippen LogP contribution in [0.15, 0.2) is 30.3 Å². The molecule has 2 heteroatoms. The normalized spacial score (nSPS) is 15.6. The summed E-state index contributed by atoms with van der Waals surface area (Å²) >= 11 is 0. The van der Waals surface area contributed by atoms with Crippen LogP contribution in [0.2, 0.25) is 0 Å². The molecule has 1 aromatic rings. The maximum atomic E-state index is 8.78. The fourth-order valence-corrected chi connectivity index (χ4v) is 1.20. The van der Waals surface area contributed by atoms with Crippen molar-refractivity contribution in [2.24, 2.45) is 5.73 Å². The standard InChI is InChI=1S/C10H15NO/c1-10(11,7-8-12)9-5-3-2-4-6-9/h2-6,12H,7-8,11H2,1H3/t10-/m0/s1. The summed E-state index contributed by atoms with van der Waals surface area (Å²) in [6, 6.07) is 9.83. The average Bonchev–Trinajstić information content (AvgIpc) is 2.06. The molecule has 1 atom stereocenters. The number of aliphatic hydroxyl groups is 1. The molecule has 0 saturated heterocycles. The van der Waals surface area contributed by atoms with Crippen LogP contribution >= 0.6 is 0 Å². The van der Waals surface area contributed by atoms with Gasteiger partial charge in [0.05, 0.1) is 0 Å². The molecule has 0 heterocycles. The van der Waals surface area contributed by atoms with Crippen molar-refractivity contribution in [1.29, 1.82) is 0 Å². The summed E-state index contributed by atoms with van der Waals surface area (Å²) in [5.41, 5.74) is 6.65. The van der Waals surface area contributed by atoms with Gasteiger partial charge in [0.1, 0.15) is 0 Å². The topological polar surface area (TPSA) is 46.2 Å². The van der Waals surface area contributed by atoms with Gasteiger partial charge in [-0.3, -0.25) is 0 Å². The van der Waals surface area contributed by atoms with Gasteiger partial charge in [-0.05, 0) is 18.9 Å². The van der Waals surface area contributed by atoms with Crippen molar-refractivity contribution in [3.63, 3.8) is 0 Å². The Balaban J connectivity index is 2.82. The molecule has 66 valence electrons. The molecule has 0 spiro atoms. The maximum absolute atomic E-state index is 8.78. The van der Waals surface area contributed by atoms with E-state index in [-0.39, 0.29) is 6.61 Å². The van der Waals surface area contributed by atoms with Crippen LogP contribution < -0.4 is 5.73 Å². The molecule has 0 amide bonds. The summed E-state index contributed by atoms with van der Waals surface area (Å²) in [5, 5.41) is 8.78. The molecule has 1 rings (SSSR count). The first-order valence-corrected chi connectivity index (χ1v) is 4.12. The highest BCUT2D eigenvalue weighted by Gasteiger charge is 2.19. The van der Waals surface area contributed by atoms with Gasteiger partial charge in [0.25, 0.3) is 0 Å². The summed E-state index contributed by atoms with van der Waals surface area (Å²) in [5.74, 6) is 0. The van der Waals surface area contributed by atoms with Gasteiger partial charge in [-0.15, -0.1) is 0 Å². The number of benzene rings is 1. The molecular weight excluding hydrogens is 150 g/mol. The van der Waals surface area contributed by atoms with Crippen LogP contribution in [0.3, 0.4) is 0 Å². The minimum absolute atomic E-state index is 0.127. The molecule has 0 aliphatic heterocycles. The van der Waals surface area contributed by atoms with Gasteiger partial charge in [0.15, 0.2) is 0 Å². The first kappa shape index (κ1) is 9.23. The van der Waals surface area contributed by atoms with Crippen molar-refractivity contribution in [2.45, 2.75) is 18.9 Å². The average molecular weight is 165 g/mol. The lowest BCUT2D eigenvalue weighted by Gasteiger charge is -2.23. The van der Waals surface area contributed by atoms with Crippen LogP contribution in [0.1, 0.15) is 18.9 Å². The van der Waals surface area contributed by atoms with Crippen molar-refractivity contribution in [1.82, 2.24) is 0 Å². The molecule has 0 fully saturated rings. The molecule has 12 heavy (non-hydrogen) atoms. The Kier molecular flexibility index (Phi) is 2.84. The summed E-state index contributed by atoms with van der Waals surface area (Å²) < 4.78 is 0. The van der Waals surface area contributed by atoms with Crippen LogP contribution in [0.25, 0.3) is 0 Å². The summed E-state index contributed by atoms with van der Waals surface area (Å²) in [6.07, 6.45) is 0.594. The van der Waals surface area contributed by atoms with Gasteiger partial charge in [-0.25, -0.2) is 0 Å². The molecule has 0 radical (unpaired) electrons. The molecule has 3 N–H and O–H groups in total. The fourth-order valence-electron chi connectivity index (χ4n) is 1.20. The number of nitrogens with two attached hydrogens (primary N) is 1. The van der Waals surface area contributed by atoms with E-state index in [1.807, 2.05) is 37.3 Å². The molecule has 0 aliphatic carbocycles. The first-order chi connectivity index (χ1) is 5.67. The van der Waals surface area contributed by atoms with E-state index in [1.54, 1.807) is 0 Å². The highest BCUT2D eigenvalue weighted by atomic mass is 16.3. The summed E-state index contributed by atoms with van der Waals surface area (Å²) in [7, 11) is 0. The summed E-state index contributed by atoms with van der Waals surface area (Å²) in [4.78, 5) is 0. The predicted octanol–water partition coefficient (Wildman–Crippen LogP) is 1.24. The zero-order valence-electron chi connectivity index (χ0n) is 7.33. The largest absolute Gasteiger partial charge is 0.396 e. The molecule has 0 aliphatic rings. The lowest BCUT2D eigenvalue weighted by Crippen LogP contribution is -2.33. The smallest absolute Gasteiger partial charge is 0.0451 e. The van der Waals surface area contributed by atoms with E-state index in [4.69, 9.17) is 10.8 Å². The minimum Gasteiger partial charge on any atom is -0.396 e. The van der Waals surface area contributed by atoms with Crippen LogP contribution in [-0.2, 0) is 5.54 Å². The number of rotatable bonds is 3. The van der Waals surface area contributed by atoms with Crippen LogP contribution in [-0.4, -0.2) is 11.7 Å². The third kappa shape index (κ3) is 2.06. The van der Waals surface area contributed by atoms with Crippen molar-refractivity contribution in [3.05, 3.63) is 35.9 Å². The van der Waals surface area contributed by atoms with Crippen molar-refractivity contribution in [3.8, 4) is 0 Å². The van der Waals surface area contributed by atoms with Crippen LogP contribution in [0.5, 0.6) is 0 Å². The van der Waals surface area contributed by atoms with E-state index in [0.29, 0.717) is 6.42 Å². The van der Waals surface area contributed by atoms with Crippen molar-refractivity contribution >= 4 is 0 Å². The van der Waals surface area contributed by atoms with Crippen molar-refractivity contribution < 1.29 is 5.11 Å². The van der Waals surface area contributed by atoms with Crippen molar-refractivity contribution in [2.75, 3.05) is 6.61 Å². The predicted molar refractivity (Wildman–Crippen MR) is 49.7 cm³/mol. The number of hydrogen-bond acceptors (Lipinski definition) is 2. The second kappa shape index (κ2) is 3.70. The third-order valence-electron chi connectivity index (χ3n) is 2.06. The van der Waals surface area contributed by atoms with Gasteiger partial charge >= 0.3 is 0 Å². The molecule has 0 aromatic heterocycles. The van der Waals surface area contributed by atoms with E-state index < -0.39 is 5.54 Å². The lowest BCUT2D eigenvalue weighted by molar-refractivity contribution is 0.247. The molecular formula is C10H15NO. The summed E-state index contributed by atoms with van der Waals surface area (Å²) in [6.45, 7) is 2.06. The maximum Gasteiger partial charge on any atom is 0.0451 e. The molecule has 1 aromatic carbocycles. The number of aliphatic hydroxyl groups excluding tert-OH is 1. The van der Waals surface area contributed by atoms with Crippen LogP contribution in [0, 0.1) is 0 Å².